The van der Waals surface area contributed by atoms with Gasteiger partial charge in [0.1, 0.15) is 11.5 Å². The van der Waals surface area contributed by atoms with Crippen molar-refractivity contribution in [2.24, 2.45) is 4.99 Å². The second-order valence-corrected chi connectivity index (χ2v) is 8.13. The minimum Gasteiger partial charge on any atom is -0.457 e. The van der Waals surface area contributed by atoms with Crippen LogP contribution in [0.2, 0.25) is 0 Å². The molecule has 0 amide bonds. The van der Waals surface area contributed by atoms with Crippen LogP contribution in [0.15, 0.2) is 96.0 Å². The van der Waals surface area contributed by atoms with Crippen LogP contribution in [-0.4, -0.2) is 30.8 Å². The summed E-state index contributed by atoms with van der Waals surface area (Å²) in [5.41, 5.74) is 3.59. The van der Waals surface area contributed by atoms with Crippen LogP contribution in [0.1, 0.15) is 11.1 Å². The maximum Gasteiger partial charge on any atom is 0.270 e. The molecule has 6 nitrogen and oxygen atoms in total. The quantitative estimate of drug-likeness (QED) is 0.258. The number of nitrogens with zero attached hydrogens (tertiary/aromatic N) is 3. The Morgan fingerprint density at radius 3 is 2.59 bits per heavy atom. The zero-order valence-electron chi connectivity index (χ0n) is 18.7. The molecule has 0 radical (unpaired) electrons. The van der Waals surface area contributed by atoms with Gasteiger partial charge in [-0.05, 0) is 47.2 Å². The topological polar surface area (TPSA) is 68.0 Å². The van der Waals surface area contributed by atoms with E-state index in [9.17, 15) is 10.1 Å². The Morgan fingerprint density at radius 1 is 0.941 bits per heavy atom. The Hall–Kier alpha value is -4.45. The summed E-state index contributed by atoms with van der Waals surface area (Å²) in [4.78, 5) is 18.0. The smallest absolute Gasteiger partial charge is 0.270 e. The Bertz CT molecular complexity index is 1440. The number of benzodiazepines with no additional fused rings is 1. The minimum atomic E-state index is -0.398. The van der Waals surface area contributed by atoms with Crippen LogP contribution < -0.4 is 9.64 Å². The Balaban J connectivity index is 1.52. The molecule has 34 heavy (non-hydrogen) atoms. The fourth-order valence-corrected chi connectivity index (χ4v) is 4.09. The number of nitro benzene ring substituents is 1. The number of likely N-dealkylation sites (N-methyl/N-ethyl adjacent to an activating group) is 1. The van der Waals surface area contributed by atoms with Gasteiger partial charge in [-0.1, -0.05) is 48.5 Å². The summed E-state index contributed by atoms with van der Waals surface area (Å²) in [7, 11) is 2.05. The molecule has 168 valence electrons. The molecule has 5 rings (SSSR count). The summed E-state index contributed by atoms with van der Waals surface area (Å²) in [6.45, 7) is 1.49. The van der Waals surface area contributed by atoms with Gasteiger partial charge in [-0.15, -0.1) is 0 Å². The number of ether oxygens (including phenoxy) is 1. The molecular weight excluding hydrogens is 426 g/mol. The number of allylic oxidation sites excluding steroid dienone is 1. The molecule has 6 heteroatoms. The molecule has 0 fully saturated rings. The summed E-state index contributed by atoms with van der Waals surface area (Å²) < 4.78 is 6.18. The molecule has 1 aliphatic heterocycles. The molecule has 0 spiro atoms. The summed E-state index contributed by atoms with van der Waals surface area (Å²) in [5, 5.41) is 13.6. The van der Waals surface area contributed by atoms with E-state index in [0.29, 0.717) is 23.6 Å². The monoisotopic (exact) mass is 449 g/mol. The van der Waals surface area contributed by atoms with Crippen molar-refractivity contribution in [3.05, 3.63) is 112 Å². The van der Waals surface area contributed by atoms with Crippen LogP contribution in [0.3, 0.4) is 0 Å². The number of fused-ring (bicyclic) bond motifs is 2. The lowest BCUT2D eigenvalue weighted by Gasteiger charge is -2.18. The second kappa shape index (κ2) is 9.19. The molecule has 0 saturated heterocycles. The van der Waals surface area contributed by atoms with E-state index in [0.717, 1.165) is 34.3 Å². The molecule has 0 unspecified atom stereocenters. The Morgan fingerprint density at radius 2 is 1.74 bits per heavy atom. The molecule has 0 N–H and O–H groups in total. The van der Waals surface area contributed by atoms with Gasteiger partial charge in [0.2, 0.25) is 0 Å². The van der Waals surface area contributed by atoms with Crippen molar-refractivity contribution in [2.45, 2.75) is 0 Å². The lowest BCUT2D eigenvalue weighted by atomic mass is 10.0. The third-order valence-corrected chi connectivity index (χ3v) is 5.88. The van der Waals surface area contributed by atoms with Crippen molar-refractivity contribution in [3.63, 3.8) is 0 Å². The molecule has 0 aliphatic carbocycles. The Labute approximate surface area is 197 Å². The number of benzene rings is 4. The van der Waals surface area contributed by atoms with Crippen LogP contribution in [0, 0.1) is 10.1 Å². The average Bonchev–Trinajstić information content (AvgIpc) is 3.02. The summed E-state index contributed by atoms with van der Waals surface area (Å²) in [6.07, 6.45) is 3.74. The first kappa shape index (κ1) is 21.4. The third kappa shape index (κ3) is 4.38. The van der Waals surface area contributed by atoms with E-state index < -0.39 is 4.92 Å². The van der Waals surface area contributed by atoms with Gasteiger partial charge in [0.05, 0.1) is 17.2 Å². The molecular formula is C28H23N3O3. The van der Waals surface area contributed by atoms with E-state index in [2.05, 4.69) is 18.0 Å². The number of anilines is 1. The van der Waals surface area contributed by atoms with Gasteiger partial charge in [-0.2, -0.15) is 0 Å². The van der Waals surface area contributed by atoms with Crippen molar-refractivity contribution < 1.29 is 9.66 Å². The zero-order chi connectivity index (χ0) is 23.5. The largest absolute Gasteiger partial charge is 0.457 e. The molecule has 4 aromatic carbocycles. The second-order valence-electron chi connectivity index (χ2n) is 8.13. The highest BCUT2D eigenvalue weighted by atomic mass is 16.6. The standard InChI is InChI=1S/C28H23N3O3/c1-30-17-16-29-26(25-8-4-5-9-27(25)30)14-11-22-18-23(31(32)33)12-15-28(22)34-24-13-10-20-6-2-3-7-21(20)19-24/h2-15,18-19H,16-17H2,1H3/b14-11+. The lowest BCUT2D eigenvalue weighted by molar-refractivity contribution is -0.384. The van der Waals surface area contributed by atoms with Crippen molar-refractivity contribution in [1.82, 2.24) is 0 Å². The first-order chi connectivity index (χ1) is 16.6. The molecule has 0 saturated carbocycles. The number of rotatable bonds is 5. The molecule has 0 aromatic heterocycles. The van der Waals surface area contributed by atoms with Crippen LogP contribution in [0.25, 0.3) is 16.8 Å². The third-order valence-electron chi connectivity index (χ3n) is 5.88. The fraction of sp³-hybridized carbons (Fsp3) is 0.107. The van der Waals surface area contributed by atoms with Crippen molar-refractivity contribution >= 4 is 33.9 Å². The van der Waals surface area contributed by atoms with Gasteiger partial charge in [0, 0.05) is 42.5 Å². The number of nitro groups is 1. The van der Waals surface area contributed by atoms with Gasteiger partial charge in [-0.3, -0.25) is 15.1 Å². The predicted molar refractivity (Wildman–Crippen MR) is 137 cm³/mol. The summed E-state index contributed by atoms with van der Waals surface area (Å²) >= 11 is 0. The SMILES string of the molecule is CN1CCN=C(/C=C/c2cc([N+](=O)[O-])ccc2Oc2ccc3ccccc3c2)c2ccccc21. The maximum absolute atomic E-state index is 11.4. The average molecular weight is 450 g/mol. The molecule has 0 bridgehead atoms. The van der Waals surface area contributed by atoms with Gasteiger partial charge in [0.15, 0.2) is 0 Å². The lowest BCUT2D eigenvalue weighted by Crippen LogP contribution is -2.20. The summed E-state index contributed by atoms with van der Waals surface area (Å²) in [5.74, 6) is 1.21. The first-order valence-corrected chi connectivity index (χ1v) is 11.1. The minimum absolute atomic E-state index is 0.00782. The number of aliphatic imine (C=N–C) groups is 1. The number of para-hydroxylation sites is 1. The van der Waals surface area contributed by atoms with Gasteiger partial charge < -0.3 is 9.64 Å². The van der Waals surface area contributed by atoms with E-state index in [1.807, 2.05) is 72.8 Å². The highest BCUT2D eigenvalue weighted by Crippen LogP contribution is 2.32. The summed E-state index contributed by atoms with van der Waals surface area (Å²) in [6, 6.07) is 26.7. The number of hydrogen-bond donors (Lipinski definition) is 0. The van der Waals surface area contributed by atoms with Crippen LogP contribution in [-0.2, 0) is 0 Å². The number of non-ortho nitro benzene ring substituents is 1. The zero-order valence-corrected chi connectivity index (χ0v) is 18.7. The first-order valence-electron chi connectivity index (χ1n) is 11.1. The van der Waals surface area contributed by atoms with Crippen molar-refractivity contribution in [3.8, 4) is 11.5 Å². The van der Waals surface area contributed by atoms with Crippen molar-refractivity contribution in [2.75, 3.05) is 25.0 Å². The van der Waals surface area contributed by atoms with Gasteiger partial charge in [0.25, 0.3) is 5.69 Å². The van der Waals surface area contributed by atoms with E-state index in [1.165, 1.54) is 12.1 Å². The van der Waals surface area contributed by atoms with E-state index >= 15 is 0 Å². The van der Waals surface area contributed by atoms with E-state index in [4.69, 9.17) is 9.73 Å². The van der Waals surface area contributed by atoms with Gasteiger partial charge in [-0.25, -0.2) is 0 Å². The molecule has 4 aromatic rings. The molecule has 1 heterocycles. The van der Waals surface area contributed by atoms with Crippen LogP contribution in [0.5, 0.6) is 11.5 Å². The molecule has 1 aliphatic rings. The fourth-order valence-electron chi connectivity index (χ4n) is 4.09. The molecule has 0 atom stereocenters. The van der Waals surface area contributed by atoms with E-state index in [1.54, 1.807) is 6.07 Å². The van der Waals surface area contributed by atoms with Crippen LogP contribution in [0.4, 0.5) is 11.4 Å². The Kier molecular flexibility index (Phi) is 5.79. The van der Waals surface area contributed by atoms with Crippen molar-refractivity contribution in [1.29, 1.82) is 0 Å². The van der Waals surface area contributed by atoms with E-state index in [-0.39, 0.29) is 5.69 Å². The predicted octanol–water partition coefficient (Wildman–Crippen LogP) is 6.49. The van der Waals surface area contributed by atoms with Crippen LogP contribution >= 0.6 is 0 Å². The highest BCUT2D eigenvalue weighted by Gasteiger charge is 2.15. The highest BCUT2D eigenvalue weighted by molar-refractivity contribution is 6.14. The number of hydrogen-bond acceptors (Lipinski definition) is 5. The maximum atomic E-state index is 11.4. The van der Waals surface area contributed by atoms with Gasteiger partial charge >= 0.3 is 0 Å². The normalized spacial score (nSPS) is 13.4.